The molecule has 0 saturated heterocycles. The summed E-state index contributed by atoms with van der Waals surface area (Å²) in [6.07, 6.45) is -2.79. The molecule has 1 heterocycles. The second kappa shape index (κ2) is 8.01. The van der Waals surface area contributed by atoms with E-state index in [9.17, 15) is 13.2 Å². The van der Waals surface area contributed by atoms with Crippen molar-refractivity contribution in [2.75, 3.05) is 18.5 Å². The zero-order valence-electron chi connectivity index (χ0n) is 14.8. The van der Waals surface area contributed by atoms with E-state index < -0.39 is 12.8 Å². The summed E-state index contributed by atoms with van der Waals surface area (Å²) in [7, 11) is 0. The van der Waals surface area contributed by atoms with E-state index in [1.807, 2.05) is 36.4 Å². The van der Waals surface area contributed by atoms with Crippen LogP contribution >= 0.6 is 0 Å². The lowest BCUT2D eigenvalue weighted by Crippen LogP contribution is -2.20. The first-order valence-corrected chi connectivity index (χ1v) is 8.37. The van der Waals surface area contributed by atoms with Crippen molar-refractivity contribution in [3.63, 3.8) is 0 Å². The van der Waals surface area contributed by atoms with Gasteiger partial charge in [-0.25, -0.2) is 0 Å². The summed E-state index contributed by atoms with van der Waals surface area (Å²) in [5, 5.41) is 13.4. The topological polar surface area (TPSA) is 57.9 Å². The molecule has 2 aromatic carbocycles. The van der Waals surface area contributed by atoms with E-state index in [1.54, 1.807) is 18.3 Å². The number of anilines is 1. The number of benzene rings is 2. The van der Waals surface area contributed by atoms with Gasteiger partial charge in [-0.05, 0) is 29.7 Å². The van der Waals surface area contributed by atoms with Crippen molar-refractivity contribution < 1.29 is 17.9 Å². The summed E-state index contributed by atoms with van der Waals surface area (Å²) < 4.78 is 42.9. The van der Waals surface area contributed by atoms with E-state index in [4.69, 9.17) is 10.00 Å². The zero-order chi connectivity index (χ0) is 20.1. The van der Waals surface area contributed by atoms with Crippen LogP contribution in [0.1, 0.15) is 0 Å². The Balaban J connectivity index is 2.08. The predicted molar refractivity (Wildman–Crippen MR) is 102 cm³/mol. The molecule has 0 aliphatic heterocycles. The maximum Gasteiger partial charge on any atom is 0.422 e. The highest BCUT2D eigenvalue weighted by Crippen LogP contribution is 2.36. The Morgan fingerprint density at radius 3 is 2.64 bits per heavy atom. The Labute approximate surface area is 159 Å². The number of halogens is 3. The average Bonchev–Trinajstić information content (AvgIpc) is 2.70. The fourth-order valence-electron chi connectivity index (χ4n) is 2.69. The van der Waals surface area contributed by atoms with Gasteiger partial charge < -0.3 is 10.1 Å². The van der Waals surface area contributed by atoms with Crippen LogP contribution < -0.4 is 10.1 Å². The van der Waals surface area contributed by atoms with Crippen LogP contribution in [0.5, 0.6) is 5.75 Å². The molecule has 28 heavy (non-hydrogen) atoms. The first-order chi connectivity index (χ1) is 13.4. The molecule has 142 valence electrons. The number of pyridine rings is 1. The lowest BCUT2D eigenvalue weighted by Gasteiger charge is -2.17. The van der Waals surface area contributed by atoms with Crippen molar-refractivity contribution in [1.82, 2.24) is 4.98 Å². The van der Waals surface area contributed by atoms with Gasteiger partial charge >= 0.3 is 6.18 Å². The molecule has 0 fully saturated rings. The van der Waals surface area contributed by atoms with Crippen LogP contribution in [0.25, 0.3) is 22.0 Å². The number of fused-ring (bicyclic) bond motifs is 1. The Hall–Kier alpha value is -3.53. The second-order valence-electron chi connectivity index (χ2n) is 6.06. The predicted octanol–water partition coefficient (Wildman–Crippen LogP) is 5.33. The summed E-state index contributed by atoms with van der Waals surface area (Å²) in [6, 6.07) is 16.1. The number of nitrogens with one attached hydrogen (secondary N) is 1. The van der Waals surface area contributed by atoms with Gasteiger partial charge in [-0.2, -0.15) is 18.4 Å². The summed E-state index contributed by atoms with van der Waals surface area (Å²) in [5.74, 6) is 0.0498. The van der Waals surface area contributed by atoms with Gasteiger partial charge in [0.1, 0.15) is 5.75 Å². The van der Waals surface area contributed by atoms with Gasteiger partial charge in [0.05, 0.1) is 17.5 Å². The monoisotopic (exact) mass is 383 g/mol. The molecular weight excluding hydrogens is 367 g/mol. The molecule has 0 bridgehead atoms. The summed E-state index contributed by atoms with van der Waals surface area (Å²) >= 11 is 0. The average molecular weight is 383 g/mol. The van der Waals surface area contributed by atoms with Crippen molar-refractivity contribution in [3.8, 4) is 23.1 Å². The number of hydrogen-bond donors (Lipinski definition) is 1. The third-order valence-electron chi connectivity index (χ3n) is 3.97. The fourth-order valence-corrected chi connectivity index (χ4v) is 2.69. The molecule has 0 aliphatic carbocycles. The van der Waals surface area contributed by atoms with Crippen molar-refractivity contribution in [2.24, 2.45) is 0 Å². The van der Waals surface area contributed by atoms with Crippen molar-refractivity contribution in [2.45, 2.75) is 6.18 Å². The quantitative estimate of drug-likeness (QED) is 0.584. The number of ether oxygens (including phenoxy) is 1. The number of hydrogen-bond acceptors (Lipinski definition) is 4. The van der Waals surface area contributed by atoms with E-state index in [0.717, 1.165) is 16.6 Å². The number of alkyl halides is 3. The molecule has 0 spiro atoms. The third-order valence-corrected chi connectivity index (χ3v) is 3.97. The van der Waals surface area contributed by atoms with E-state index >= 15 is 0 Å². The first-order valence-electron chi connectivity index (χ1n) is 8.37. The number of nitrogens with zero attached hydrogens (tertiary/aromatic N) is 2. The van der Waals surface area contributed by atoms with Crippen LogP contribution in [0, 0.1) is 11.3 Å². The van der Waals surface area contributed by atoms with Crippen LogP contribution in [-0.2, 0) is 0 Å². The van der Waals surface area contributed by atoms with E-state index in [1.165, 1.54) is 6.07 Å². The maximum atomic E-state index is 12.6. The van der Waals surface area contributed by atoms with Crippen LogP contribution in [0.3, 0.4) is 0 Å². The Morgan fingerprint density at radius 1 is 1.18 bits per heavy atom. The van der Waals surface area contributed by atoms with Gasteiger partial charge in [-0.1, -0.05) is 30.8 Å². The van der Waals surface area contributed by atoms with Gasteiger partial charge in [0.2, 0.25) is 0 Å². The smallest absolute Gasteiger partial charge is 0.422 e. The van der Waals surface area contributed by atoms with Crippen LogP contribution in [0.4, 0.5) is 18.9 Å². The fraction of sp³-hybridized carbons (Fsp3) is 0.143. The number of rotatable bonds is 6. The molecule has 7 heteroatoms. The normalized spacial score (nSPS) is 11.1. The van der Waals surface area contributed by atoms with Gasteiger partial charge in [-0.3, -0.25) is 4.98 Å². The molecule has 1 aromatic heterocycles. The molecule has 3 aromatic rings. The second-order valence-corrected chi connectivity index (χ2v) is 6.06. The van der Waals surface area contributed by atoms with Crippen molar-refractivity contribution >= 4 is 16.5 Å². The SMILES string of the molecule is C=C(C#N)CNc1c(OCC(F)(F)F)ccc2ccc(-c3ccccn3)cc12. The highest BCUT2D eigenvalue weighted by molar-refractivity contribution is 5.99. The molecule has 0 saturated carbocycles. The molecular formula is C21H16F3N3O. The molecule has 0 aliphatic rings. The Morgan fingerprint density at radius 2 is 1.96 bits per heavy atom. The van der Waals surface area contributed by atoms with Crippen LogP contribution in [0.15, 0.2) is 66.9 Å². The van der Waals surface area contributed by atoms with Gasteiger partial charge in [0, 0.05) is 29.3 Å². The molecule has 0 amide bonds. The Bertz CT molecular complexity index is 1040. The first kappa shape index (κ1) is 19.2. The lowest BCUT2D eigenvalue weighted by molar-refractivity contribution is -0.153. The molecule has 4 nitrogen and oxygen atoms in total. The standard InChI is InChI=1S/C21H16F3N3O/c1-14(11-25)12-27-20-17-10-16(18-4-2-3-9-26-18)6-5-15(17)7-8-19(20)28-13-21(22,23)24/h2-10,27H,1,12-13H2. The minimum atomic E-state index is -4.46. The van der Waals surface area contributed by atoms with Gasteiger partial charge in [-0.15, -0.1) is 0 Å². The highest BCUT2D eigenvalue weighted by Gasteiger charge is 2.29. The minimum Gasteiger partial charge on any atom is -0.482 e. The number of nitriles is 1. The molecule has 0 unspecified atom stereocenters. The summed E-state index contributed by atoms with van der Waals surface area (Å²) in [6.45, 7) is 2.27. The minimum absolute atomic E-state index is 0.0498. The van der Waals surface area contributed by atoms with Crippen LogP contribution in [-0.4, -0.2) is 24.3 Å². The van der Waals surface area contributed by atoms with Gasteiger partial charge in [0.15, 0.2) is 6.61 Å². The van der Waals surface area contributed by atoms with Crippen LogP contribution in [0.2, 0.25) is 0 Å². The highest BCUT2D eigenvalue weighted by atomic mass is 19.4. The maximum absolute atomic E-state index is 12.6. The summed E-state index contributed by atoms with van der Waals surface area (Å²) in [4.78, 5) is 4.31. The molecule has 1 N–H and O–H groups in total. The third kappa shape index (κ3) is 4.60. The molecule has 0 radical (unpaired) electrons. The summed E-state index contributed by atoms with van der Waals surface area (Å²) in [5.41, 5.74) is 2.16. The van der Waals surface area contributed by atoms with E-state index in [2.05, 4.69) is 16.9 Å². The van der Waals surface area contributed by atoms with E-state index in [0.29, 0.717) is 11.1 Å². The lowest BCUT2D eigenvalue weighted by atomic mass is 10.0. The Kier molecular flexibility index (Phi) is 5.50. The van der Waals surface area contributed by atoms with Crippen molar-refractivity contribution in [3.05, 3.63) is 66.9 Å². The molecule has 0 atom stereocenters. The molecule has 3 rings (SSSR count). The number of aromatic nitrogens is 1. The van der Waals surface area contributed by atoms with Gasteiger partial charge in [0.25, 0.3) is 0 Å². The zero-order valence-corrected chi connectivity index (χ0v) is 14.8. The van der Waals surface area contributed by atoms with E-state index in [-0.39, 0.29) is 17.9 Å². The van der Waals surface area contributed by atoms with Crippen molar-refractivity contribution in [1.29, 1.82) is 5.26 Å². The largest absolute Gasteiger partial charge is 0.482 e.